The Bertz CT molecular complexity index is 186. The molecule has 1 aliphatic rings. The molecule has 1 aliphatic heterocycles. The van der Waals surface area contributed by atoms with Crippen molar-refractivity contribution in [2.75, 3.05) is 6.54 Å². The summed E-state index contributed by atoms with van der Waals surface area (Å²) in [7, 11) is 0. The van der Waals surface area contributed by atoms with Crippen LogP contribution in [0.3, 0.4) is 0 Å². The molecule has 0 aromatic heterocycles. The Morgan fingerprint density at radius 3 is 2.70 bits per heavy atom. The quantitative estimate of drug-likeness (QED) is 0.570. The minimum atomic E-state index is -2.69. The number of nitrogens with zero attached hydrogens (tertiary/aromatic N) is 2. The second-order valence-electron chi connectivity index (χ2n) is 2.00. The summed E-state index contributed by atoms with van der Waals surface area (Å²) in [5.74, 6) is 0. The topological polar surface area (TPSA) is 48.2 Å². The van der Waals surface area contributed by atoms with Crippen LogP contribution >= 0.6 is 0 Å². The number of halogens is 2. The molecule has 0 fully saturated rings. The third kappa shape index (κ3) is 0.817. The van der Waals surface area contributed by atoms with Gasteiger partial charge in [0.2, 0.25) is 5.54 Å². The number of nitrogens with one attached hydrogen (secondary N) is 1. The fraction of sp³-hybridized carbons (Fsp3) is 0.600. The van der Waals surface area contributed by atoms with Gasteiger partial charge in [-0.25, -0.2) is 8.78 Å². The monoisotopic (exact) mass is 145 g/mol. The molecule has 1 heterocycles. The smallest absolute Gasteiger partial charge is 0.276 e. The average Bonchev–Trinajstić information content (AvgIpc) is 2.35. The molecule has 0 aromatic rings. The van der Waals surface area contributed by atoms with Crippen LogP contribution in [0.2, 0.25) is 0 Å². The summed E-state index contributed by atoms with van der Waals surface area (Å²) >= 11 is 0. The molecule has 0 amide bonds. The zero-order chi connectivity index (χ0) is 7.61. The van der Waals surface area contributed by atoms with Gasteiger partial charge >= 0.3 is 0 Å². The maximum Gasteiger partial charge on any atom is 0.276 e. The summed E-state index contributed by atoms with van der Waals surface area (Å²) in [6.45, 7) is -0.166. The van der Waals surface area contributed by atoms with Crippen LogP contribution in [-0.4, -0.2) is 24.8 Å². The first-order valence-corrected chi connectivity index (χ1v) is 2.67. The van der Waals surface area contributed by atoms with Crippen LogP contribution < -0.4 is 5.32 Å². The lowest BCUT2D eigenvalue weighted by Gasteiger charge is -2.17. The van der Waals surface area contributed by atoms with Crippen LogP contribution in [0.5, 0.6) is 0 Å². The summed E-state index contributed by atoms with van der Waals surface area (Å²) in [4.78, 5) is 3.49. The average molecular weight is 145 g/mol. The van der Waals surface area contributed by atoms with Crippen molar-refractivity contribution in [3.8, 4) is 6.07 Å². The fourth-order valence-corrected chi connectivity index (χ4v) is 0.645. The Hall–Kier alpha value is -1.18. The van der Waals surface area contributed by atoms with Crippen molar-refractivity contribution < 1.29 is 8.78 Å². The molecule has 0 bridgehead atoms. The van der Waals surface area contributed by atoms with Crippen molar-refractivity contribution in [2.45, 2.75) is 12.0 Å². The van der Waals surface area contributed by atoms with Gasteiger partial charge in [0, 0.05) is 0 Å². The third-order valence-corrected chi connectivity index (χ3v) is 1.33. The molecule has 1 unspecified atom stereocenters. The highest BCUT2D eigenvalue weighted by Gasteiger charge is 2.41. The number of hydrogen-bond acceptors (Lipinski definition) is 3. The van der Waals surface area contributed by atoms with Crippen LogP contribution in [0.1, 0.15) is 0 Å². The lowest BCUT2D eigenvalue weighted by Crippen LogP contribution is -2.48. The minimum absolute atomic E-state index is 0.166. The maximum atomic E-state index is 12.0. The number of aliphatic imine (C=N–C) groups is 1. The van der Waals surface area contributed by atoms with Gasteiger partial charge in [-0.15, -0.1) is 0 Å². The van der Waals surface area contributed by atoms with Gasteiger partial charge in [-0.1, -0.05) is 0 Å². The second-order valence-corrected chi connectivity index (χ2v) is 2.00. The predicted molar refractivity (Wildman–Crippen MR) is 30.8 cm³/mol. The van der Waals surface area contributed by atoms with Crippen LogP contribution in [0.15, 0.2) is 4.99 Å². The fourth-order valence-electron chi connectivity index (χ4n) is 0.645. The highest BCUT2D eigenvalue weighted by atomic mass is 19.3. The summed E-state index contributed by atoms with van der Waals surface area (Å²) in [6, 6.07) is 1.49. The van der Waals surface area contributed by atoms with E-state index in [9.17, 15) is 8.78 Å². The molecule has 0 saturated heterocycles. The normalized spacial score (nSPS) is 30.2. The van der Waals surface area contributed by atoms with Gasteiger partial charge in [0.05, 0.1) is 19.0 Å². The summed E-state index contributed by atoms with van der Waals surface area (Å²) < 4.78 is 24.1. The molecule has 1 N–H and O–H groups in total. The first-order valence-electron chi connectivity index (χ1n) is 2.67. The highest BCUT2D eigenvalue weighted by Crippen LogP contribution is 2.17. The van der Waals surface area contributed by atoms with Gasteiger partial charge in [-0.3, -0.25) is 4.99 Å². The molecule has 0 radical (unpaired) electrons. The van der Waals surface area contributed by atoms with E-state index in [4.69, 9.17) is 5.26 Å². The molecule has 10 heavy (non-hydrogen) atoms. The molecule has 54 valence electrons. The number of alkyl halides is 2. The Morgan fingerprint density at radius 1 is 1.80 bits per heavy atom. The molecular formula is C5H5F2N3. The molecule has 0 saturated carbocycles. The van der Waals surface area contributed by atoms with Crippen molar-refractivity contribution in [1.29, 1.82) is 5.26 Å². The first-order chi connectivity index (χ1) is 4.71. The van der Waals surface area contributed by atoms with E-state index in [1.165, 1.54) is 6.07 Å². The predicted octanol–water partition coefficient (Wildman–Crippen LogP) is 0.145. The van der Waals surface area contributed by atoms with E-state index in [1.54, 1.807) is 0 Å². The lowest BCUT2D eigenvalue weighted by molar-refractivity contribution is 0.0818. The Labute approximate surface area is 56.4 Å². The van der Waals surface area contributed by atoms with Crippen LogP contribution in [0, 0.1) is 11.3 Å². The van der Waals surface area contributed by atoms with Gasteiger partial charge in [-0.2, -0.15) is 5.26 Å². The third-order valence-electron chi connectivity index (χ3n) is 1.33. The molecule has 1 atom stereocenters. The van der Waals surface area contributed by atoms with E-state index in [0.29, 0.717) is 0 Å². The molecular weight excluding hydrogens is 140 g/mol. The maximum absolute atomic E-state index is 12.0. The van der Waals surface area contributed by atoms with Crippen LogP contribution in [-0.2, 0) is 0 Å². The van der Waals surface area contributed by atoms with E-state index < -0.39 is 12.0 Å². The molecule has 0 aliphatic carbocycles. The van der Waals surface area contributed by atoms with Gasteiger partial charge in [-0.05, 0) is 0 Å². The summed E-state index contributed by atoms with van der Waals surface area (Å²) in [6.07, 6.45) is -1.56. The Balaban J connectivity index is 2.73. The zero-order valence-corrected chi connectivity index (χ0v) is 5.01. The Morgan fingerprint density at radius 2 is 2.50 bits per heavy atom. The van der Waals surface area contributed by atoms with Gasteiger partial charge < -0.3 is 5.32 Å². The van der Waals surface area contributed by atoms with E-state index in [-0.39, 0.29) is 6.54 Å². The van der Waals surface area contributed by atoms with E-state index >= 15 is 0 Å². The summed E-state index contributed by atoms with van der Waals surface area (Å²) in [5.41, 5.74) is -1.76. The molecule has 1 rings (SSSR count). The number of hydrogen-bond donors (Lipinski definition) is 1. The molecule has 0 aromatic carbocycles. The SMILES string of the molecule is N#CC1(C(F)F)CN=CN1. The zero-order valence-electron chi connectivity index (χ0n) is 5.01. The number of nitriles is 1. The molecule has 3 nitrogen and oxygen atoms in total. The van der Waals surface area contributed by atoms with E-state index in [1.807, 2.05) is 0 Å². The van der Waals surface area contributed by atoms with Crippen LogP contribution in [0.4, 0.5) is 8.78 Å². The van der Waals surface area contributed by atoms with Gasteiger partial charge in [0.25, 0.3) is 6.43 Å². The Kier molecular flexibility index (Phi) is 1.53. The second kappa shape index (κ2) is 2.21. The first kappa shape index (κ1) is 6.93. The van der Waals surface area contributed by atoms with E-state index in [2.05, 4.69) is 10.3 Å². The van der Waals surface area contributed by atoms with Crippen LogP contribution in [0.25, 0.3) is 0 Å². The molecule has 0 spiro atoms. The van der Waals surface area contributed by atoms with Crippen molar-refractivity contribution in [2.24, 2.45) is 4.99 Å². The molecule has 5 heteroatoms. The van der Waals surface area contributed by atoms with E-state index in [0.717, 1.165) is 6.34 Å². The van der Waals surface area contributed by atoms with Gasteiger partial charge in [0.1, 0.15) is 0 Å². The van der Waals surface area contributed by atoms with Crippen molar-refractivity contribution in [1.82, 2.24) is 5.32 Å². The van der Waals surface area contributed by atoms with Crippen molar-refractivity contribution in [3.63, 3.8) is 0 Å². The lowest BCUT2D eigenvalue weighted by atomic mass is 10.1. The largest absolute Gasteiger partial charge is 0.352 e. The standard InChI is InChI=1S/C5H5F2N3/c6-4(7)5(1-8)2-9-3-10-5/h3-4H,2H2,(H,9,10). The minimum Gasteiger partial charge on any atom is -0.352 e. The summed E-state index contributed by atoms with van der Waals surface area (Å²) in [5, 5.41) is 10.5. The van der Waals surface area contributed by atoms with Gasteiger partial charge in [0.15, 0.2) is 0 Å². The highest BCUT2D eigenvalue weighted by molar-refractivity contribution is 5.60. The van der Waals surface area contributed by atoms with Crippen molar-refractivity contribution >= 4 is 6.34 Å². The number of rotatable bonds is 1. The van der Waals surface area contributed by atoms with Crippen molar-refractivity contribution in [3.05, 3.63) is 0 Å².